The minimum Gasteiger partial charge on any atom is -0.493 e. The summed E-state index contributed by atoms with van der Waals surface area (Å²) in [6.45, 7) is 1.56. The quantitative estimate of drug-likeness (QED) is 0.915. The first kappa shape index (κ1) is 15.0. The Bertz CT molecular complexity index is 636. The zero-order valence-corrected chi connectivity index (χ0v) is 11.9. The van der Waals surface area contributed by atoms with Crippen molar-refractivity contribution in [1.29, 1.82) is 0 Å². The normalized spacial score (nSPS) is 10.6. The van der Waals surface area contributed by atoms with Crippen molar-refractivity contribution >= 4 is 11.5 Å². The Hall–Kier alpha value is -2.44. The third-order valence-electron chi connectivity index (χ3n) is 2.74. The molecule has 2 aromatic rings. The summed E-state index contributed by atoms with van der Waals surface area (Å²) in [4.78, 5) is 7.77. The molecule has 0 aliphatic heterocycles. The van der Waals surface area contributed by atoms with E-state index in [4.69, 9.17) is 9.47 Å². The molecule has 1 aromatic heterocycles. The molecule has 7 heteroatoms. The lowest BCUT2D eigenvalue weighted by atomic mass is 10.2. The van der Waals surface area contributed by atoms with E-state index < -0.39 is 6.43 Å². The second-order valence-electron chi connectivity index (χ2n) is 4.22. The molecular formula is C14H15F2N3O2. The van der Waals surface area contributed by atoms with Crippen molar-refractivity contribution in [3.8, 4) is 11.5 Å². The van der Waals surface area contributed by atoms with Gasteiger partial charge in [-0.25, -0.2) is 18.7 Å². The van der Waals surface area contributed by atoms with Gasteiger partial charge < -0.3 is 14.8 Å². The van der Waals surface area contributed by atoms with E-state index in [0.29, 0.717) is 23.0 Å². The molecule has 0 atom stereocenters. The highest BCUT2D eigenvalue weighted by atomic mass is 19.3. The maximum Gasteiger partial charge on any atom is 0.280 e. The Balaban J connectivity index is 2.29. The maximum atomic E-state index is 12.7. The smallest absolute Gasteiger partial charge is 0.280 e. The molecule has 112 valence electrons. The number of aryl methyl sites for hydroxylation is 1. The summed E-state index contributed by atoms with van der Waals surface area (Å²) in [5.41, 5.74) is 0.330. The average Bonchev–Trinajstić information content (AvgIpc) is 2.46. The zero-order chi connectivity index (χ0) is 15.4. The molecule has 0 spiro atoms. The molecule has 0 saturated heterocycles. The van der Waals surface area contributed by atoms with Gasteiger partial charge in [-0.05, 0) is 19.1 Å². The predicted octanol–water partition coefficient (Wildman–Crippen LogP) is 3.48. The third-order valence-corrected chi connectivity index (χ3v) is 2.74. The molecule has 0 fully saturated rings. The summed E-state index contributed by atoms with van der Waals surface area (Å²) in [6.07, 6.45) is -2.64. The predicted molar refractivity (Wildman–Crippen MR) is 74.6 cm³/mol. The number of methoxy groups -OCH3 is 2. The monoisotopic (exact) mass is 295 g/mol. The van der Waals surface area contributed by atoms with Gasteiger partial charge in [-0.15, -0.1) is 0 Å². The number of nitrogens with one attached hydrogen (secondary N) is 1. The van der Waals surface area contributed by atoms with Crippen LogP contribution in [0.4, 0.5) is 20.3 Å². The van der Waals surface area contributed by atoms with Gasteiger partial charge in [0.2, 0.25) is 0 Å². The molecule has 0 aliphatic rings. The number of halogens is 2. The minimum absolute atomic E-state index is 0.274. The van der Waals surface area contributed by atoms with Crippen LogP contribution in [0.1, 0.15) is 17.9 Å². The first-order chi connectivity index (χ1) is 10.0. The molecule has 0 saturated carbocycles. The maximum absolute atomic E-state index is 12.7. The highest BCUT2D eigenvalue weighted by Crippen LogP contribution is 2.31. The minimum atomic E-state index is -2.64. The van der Waals surface area contributed by atoms with Crippen LogP contribution in [0.5, 0.6) is 11.5 Å². The number of rotatable bonds is 5. The molecule has 21 heavy (non-hydrogen) atoms. The summed E-state index contributed by atoms with van der Waals surface area (Å²) in [6, 6.07) is 6.36. The lowest BCUT2D eigenvalue weighted by Crippen LogP contribution is -2.01. The van der Waals surface area contributed by atoms with E-state index >= 15 is 0 Å². The Kier molecular flexibility index (Phi) is 4.52. The van der Waals surface area contributed by atoms with E-state index in [-0.39, 0.29) is 11.5 Å². The van der Waals surface area contributed by atoms with Gasteiger partial charge in [-0.3, -0.25) is 0 Å². The second kappa shape index (κ2) is 6.34. The lowest BCUT2D eigenvalue weighted by Gasteiger charge is -2.11. The molecule has 1 N–H and O–H groups in total. The number of benzene rings is 1. The summed E-state index contributed by atoms with van der Waals surface area (Å²) in [5, 5.41) is 2.95. The topological polar surface area (TPSA) is 56.3 Å². The van der Waals surface area contributed by atoms with Crippen LogP contribution in [0.25, 0.3) is 0 Å². The van der Waals surface area contributed by atoms with Gasteiger partial charge in [0, 0.05) is 17.8 Å². The van der Waals surface area contributed by atoms with E-state index in [9.17, 15) is 8.78 Å². The van der Waals surface area contributed by atoms with E-state index in [2.05, 4.69) is 15.3 Å². The summed E-state index contributed by atoms with van der Waals surface area (Å²) in [5.74, 6) is 1.68. The van der Waals surface area contributed by atoms with E-state index in [1.165, 1.54) is 20.3 Å². The van der Waals surface area contributed by atoms with Crippen LogP contribution in [-0.2, 0) is 0 Å². The number of anilines is 2. The molecule has 2 rings (SSSR count). The zero-order valence-electron chi connectivity index (χ0n) is 11.9. The van der Waals surface area contributed by atoms with Crippen LogP contribution >= 0.6 is 0 Å². The van der Waals surface area contributed by atoms with Crippen molar-refractivity contribution in [2.75, 3.05) is 19.5 Å². The molecule has 0 radical (unpaired) electrons. The van der Waals surface area contributed by atoms with Crippen LogP contribution in [-0.4, -0.2) is 24.2 Å². The van der Waals surface area contributed by atoms with E-state index in [1.54, 1.807) is 25.1 Å². The van der Waals surface area contributed by atoms with Crippen molar-refractivity contribution in [1.82, 2.24) is 9.97 Å². The summed E-state index contributed by atoms with van der Waals surface area (Å²) < 4.78 is 35.8. The number of hydrogen-bond acceptors (Lipinski definition) is 5. The van der Waals surface area contributed by atoms with Gasteiger partial charge in [0.25, 0.3) is 6.43 Å². The molecule has 0 unspecified atom stereocenters. The van der Waals surface area contributed by atoms with Gasteiger partial charge in [-0.2, -0.15) is 0 Å². The first-order valence-corrected chi connectivity index (χ1v) is 6.16. The number of nitrogens with zero attached hydrogens (tertiary/aromatic N) is 2. The van der Waals surface area contributed by atoms with E-state index in [0.717, 1.165) is 0 Å². The SMILES string of the molecule is COc1ccc(Nc2cc(C(F)F)nc(C)n2)cc1OC. The first-order valence-electron chi connectivity index (χ1n) is 6.16. The number of ether oxygens (including phenoxy) is 2. The Morgan fingerprint density at radius 3 is 2.38 bits per heavy atom. The number of alkyl halides is 2. The highest BCUT2D eigenvalue weighted by Gasteiger charge is 2.12. The van der Waals surface area contributed by atoms with Crippen LogP contribution in [0.3, 0.4) is 0 Å². The molecule has 0 aliphatic carbocycles. The van der Waals surface area contributed by atoms with Crippen LogP contribution in [0.2, 0.25) is 0 Å². The fraction of sp³-hybridized carbons (Fsp3) is 0.286. The van der Waals surface area contributed by atoms with Crippen LogP contribution < -0.4 is 14.8 Å². The molecule has 5 nitrogen and oxygen atoms in total. The molecule has 1 aromatic carbocycles. The van der Waals surface area contributed by atoms with Gasteiger partial charge in [0.05, 0.1) is 14.2 Å². The molecule has 0 bridgehead atoms. The average molecular weight is 295 g/mol. The Morgan fingerprint density at radius 1 is 1.05 bits per heavy atom. The lowest BCUT2D eigenvalue weighted by molar-refractivity contribution is 0.145. The third kappa shape index (κ3) is 3.56. The van der Waals surface area contributed by atoms with Crippen molar-refractivity contribution < 1.29 is 18.3 Å². The Morgan fingerprint density at radius 2 is 1.76 bits per heavy atom. The van der Waals surface area contributed by atoms with Crippen LogP contribution in [0.15, 0.2) is 24.3 Å². The van der Waals surface area contributed by atoms with Crippen molar-refractivity contribution in [2.24, 2.45) is 0 Å². The highest BCUT2D eigenvalue weighted by molar-refractivity contribution is 5.61. The van der Waals surface area contributed by atoms with Gasteiger partial charge in [0.15, 0.2) is 11.5 Å². The summed E-state index contributed by atoms with van der Waals surface area (Å²) >= 11 is 0. The fourth-order valence-corrected chi connectivity index (χ4v) is 1.83. The van der Waals surface area contributed by atoms with Crippen molar-refractivity contribution in [3.05, 3.63) is 35.8 Å². The molecule has 1 heterocycles. The number of aromatic nitrogens is 2. The Labute approximate surface area is 120 Å². The summed E-state index contributed by atoms with van der Waals surface area (Å²) in [7, 11) is 3.05. The van der Waals surface area contributed by atoms with Crippen molar-refractivity contribution in [3.63, 3.8) is 0 Å². The largest absolute Gasteiger partial charge is 0.493 e. The molecule has 0 amide bonds. The van der Waals surface area contributed by atoms with Crippen molar-refractivity contribution in [2.45, 2.75) is 13.3 Å². The number of hydrogen-bond donors (Lipinski definition) is 1. The van der Waals surface area contributed by atoms with E-state index in [1.807, 2.05) is 0 Å². The molecular weight excluding hydrogens is 280 g/mol. The van der Waals surface area contributed by atoms with Gasteiger partial charge in [0.1, 0.15) is 17.3 Å². The van der Waals surface area contributed by atoms with Gasteiger partial charge in [-0.1, -0.05) is 0 Å². The van der Waals surface area contributed by atoms with Crippen LogP contribution in [0, 0.1) is 6.92 Å². The van der Waals surface area contributed by atoms with Gasteiger partial charge >= 0.3 is 0 Å². The standard InChI is InChI=1S/C14H15F2N3O2/c1-8-17-10(14(15)16)7-13(18-8)19-9-4-5-11(20-2)12(6-9)21-3/h4-7,14H,1-3H3,(H,17,18,19). The second-order valence-corrected chi connectivity index (χ2v) is 4.22. The fourth-order valence-electron chi connectivity index (χ4n) is 1.83.